The van der Waals surface area contributed by atoms with Crippen molar-refractivity contribution in [1.82, 2.24) is 0 Å². The minimum Gasteiger partial charge on any atom is -0.595 e. The molecule has 3 N–H and O–H groups in total. The van der Waals surface area contributed by atoms with Crippen molar-refractivity contribution in [3.05, 3.63) is 35.5 Å². The summed E-state index contributed by atoms with van der Waals surface area (Å²) >= 11 is 0. The number of quaternary nitrogens is 1. The Morgan fingerprint density at radius 1 is 1.36 bits per heavy atom. The van der Waals surface area contributed by atoms with Crippen LogP contribution < -0.4 is 11.0 Å². The molecule has 0 aromatic heterocycles. The molecule has 11 heavy (non-hydrogen) atoms. The normalized spacial score (nSPS) is 12.9. The first-order valence-corrected chi connectivity index (χ1v) is 3.27. The fraction of sp³-hybridized carbons (Fsp3) is 0.143. The molecule has 0 bridgehead atoms. The monoisotopic (exact) mass is 154 g/mol. The van der Waals surface area contributed by atoms with Gasteiger partial charge in [0.05, 0.1) is 0 Å². The number of benzene rings is 1. The van der Waals surface area contributed by atoms with Gasteiger partial charge in [-0.1, -0.05) is 18.2 Å². The predicted octanol–water partition coefficient (Wildman–Crippen LogP) is -0.451. The van der Waals surface area contributed by atoms with Crippen molar-refractivity contribution in [1.29, 1.82) is 0 Å². The Morgan fingerprint density at radius 3 is 2.55 bits per heavy atom. The molecule has 0 aliphatic rings. The van der Waals surface area contributed by atoms with Crippen molar-refractivity contribution in [3.8, 4) is 0 Å². The summed E-state index contributed by atoms with van der Waals surface area (Å²) in [7, 11) is 0. The van der Waals surface area contributed by atoms with E-state index in [1.165, 1.54) is 0 Å². The Balaban J connectivity index is 2.61. The van der Waals surface area contributed by atoms with E-state index in [4.69, 9.17) is 5.73 Å². The van der Waals surface area contributed by atoms with Crippen LogP contribution in [0.2, 0.25) is 0 Å². The van der Waals surface area contributed by atoms with Crippen LogP contribution in [-0.4, -0.2) is 6.73 Å². The molecule has 1 aromatic rings. The summed E-state index contributed by atoms with van der Waals surface area (Å²) in [5.74, 6) is 0. The zero-order valence-electron chi connectivity index (χ0n) is 5.99. The summed E-state index contributed by atoms with van der Waals surface area (Å²) in [5.41, 5.74) is 5.55. The minimum atomic E-state index is -0.381. The molecule has 1 atom stereocenters. The van der Waals surface area contributed by atoms with Crippen LogP contribution in [0.15, 0.2) is 30.3 Å². The lowest BCUT2D eigenvalue weighted by Crippen LogP contribution is -3.01. The molecule has 0 amide bonds. The van der Waals surface area contributed by atoms with Crippen LogP contribution in [0.5, 0.6) is 0 Å². The van der Waals surface area contributed by atoms with Crippen LogP contribution >= 0.6 is 0 Å². The van der Waals surface area contributed by atoms with Crippen LogP contribution in [-0.2, 0) is 4.84 Å². The molecule has 4 nitrogen and oxygen atoms in total. The largest absolute Gasteiger partial charge is 0.595 e. The molecule has 0 heterocycles. The molecular formula is C7H10N2O2. The van der Waals surface area contributed by atoms with Gasteiger partial charge in [0.1, 0.15) is 0 Å². The Bertz CT molecular complexity index is 203. The highest BCUT2D eigenvalue weighted by atomic mass is 16.9. The summed E-state index contributed by atoms with van der Waals surface area (Å²) in [4.78, 5) is 4.57. The summed E-state index contributed by atoms with van der Waals surface area (Å²) in [6, 6.07) is 8.73. The van der Waals surface area contributed by atoms with Gasteiger partial charge in [-0.2, -0.15) is 10.1 Å². The highest BCUT2D eigenvalue weighted by Crippen LogP contribution is 1.97. The van der Waals surface area contributed by atoms with Gasteiger partial charge in [0, 0.05) is 12.1 Å². The highest BCUT2D eigenvalue weighted by Gasteiger charge is 1.98. The average Bonchev–Trinajstić information content (AvgIpc) is 2.07. The lowest BCUT2D eigenvalue weighted by Gasteiger charge is -2.17. The molecule has 60 valence electrons. The van der Waals surface area contributed by atoms with Crippen molar-refractivity contribution in [3.63, 3.8) is 0 Å². The Kier molecular flexibility index (Phi) is 3.00. The zero-order chi connectivity index (χ0) is 8.10. The van der Waals surface area contributed by atoms with Gasteiger partial charge in [-0.15, -0.1) is 0 Å². The zero-order valence-corrected chi connectivity index (χ0v) is 5.99. The van der Waals surface area contributed by atoms with Crippen molar-refractivity contribution in [2.75, 3.05) is 6.73 Å². The van der Waals surface area contributed by atoms with Gasteiger partial charge >= 0.3 is 0 Å². The first-order chi connectivity index (χ1) is 5.34. The molecule has 1 aromatic carbocycles. The summed E-state index contributed by atoms with van der Waals surface area (Å²) in [6.07, 6.45) is 0. The fourth-order valence-corrected chi connectivity index (χ4v) is 0.733. The number of nitrogens with one attached hydrogen (secondary N) is 1. The maximum atomic E-state index is 10.9. The average molecular weight is 154 g/mol. The summed E-state index contributed by atoms with van der Waals surface area (Å²) in [5, 5.41) is 10.6. The van der Waals surface area contributed by atoms with Gasteiger partial charge < -0.3 is 10.9 Å². The van der Waals surface area contributed by atoms with E-state index in [0.29, 0.717) is 5.69 Å². The van der Waals surface area contributed by atoms with Gasteiger partial charge in [0.2, 0.25) is 0 Å². The molecule has 1 rings (SSSR count). The third-order valence-electron chi connectivity index (χ3n) is 1.22. The van der Waals surface area contributed by atoms with Gasteiger partial charge in [-0.25, -0.2) is 0 Å². The molecule has 0 aliphatic heterocycles. The number of nitrogens with two attached hydrogens (primary N) is 1. The van der Waals surface area contributed by atoms with E-state index in [2.05, 4.69) is 4.84 Å². The van der Waals surface area contributed by atoms with Crippen LogP contribution in [0.4, 0.5) is 5.69 Å². The third-order valence-corrected chi connectivity index (χ3v) is 1.22. The molecule has 4 heteroatoms. The van der Waals surface area contributed by atoms with Crippen molar-refractivity contribution < 1.29 is 10.1 Å². The van der Waals surface area contributed by atoms with E-state index in [1.54, 1.807) is 24.3 Å². The molecular weight excluding hydrogens is 144 g/mol. The number of hydrogen-bond acceptors (Lipinski definition) is 3. The van der Waals surface area contributed by atoms with E-state index < -0.39 is 0 Å². The van der Waals surface area contributed by atoms with Crippen molar-refractivity contribution in [2.24, 2.45) is 5.73 Å². The van der Waals surface area contributed by atoms with Crippen LogP contribution in [0.25, 0.3) is 0 Å². The van der Waals surface area contributed by atoms with Gasteiger partial charge in [0.15, 0.2) is 12.4 Å². The van der Waals surface area contributed by atoms with E-state index >= 15 is 0 Å². The standard InChI is InChI=1S/C7H10N2O2/c8-6-11-9(10)7-4-2-1-3-5-7/h1-5,9H,6,8H2. The fourth-order valence-electron chi connectivity index (χ4n) is 0.733. The minimum absolute atomic E-state index is 0.0757. The molecule has 0 saturated carbocycles. The first kappa shape index (κ1) is 8.16. The Hall–Kier alpha value is -0.940. The maximum Gasteiger partial charge on any atom is 0.164 e. The predicted molar refractivity (Wildman–Crippen MR) is 40.6 cm³/mol. The molecule has 0 radical (unpaired) electrons. The van der Waals surface area contributed by atoms with Crippen molar-refractivity contribution in [2.45, 2.75) is 0 Å². The maximum absolute atomic E-state index is 10.9. The highest BCUT2D eigenvalue weighted by molar-refractivity contribution is 5.27. The molecule has 0 aliphatic carbocycles. The quantitative estimate of drug-likeness (QED) is 0.458. The lowest BCUT2D eigenvalue weighted by molar-refractivity contribution is -0.997. The Labute approximate surface area is 64.7 Å². The third kappa shape index (κ3) is 2.28. The molecule has 0 saturated heterocycles. The van der Waals surface area contributed by atoms with E-state index in [0.717, 1.165) is 0 Å². The second-order valence-corrected chi connectivity index (χ2v) is 1.96. The van der Waals surface area contributed by atoms with E-state index in [-0.39, 0.29) is 12.0 Å². The molecule has 0 fully saturated rings. The van der Waals surface area contributed by atoms with Gasteiger partial charge in [0.25, 0.3) is 0 Å². The smallest absolute Gasteiger partial charge is 0.164 e. The Morgan fingerprint density at radius 2 is 2.00 bits per heavy atom. The lowest BCUT2D eigenvalue weighted by atomic mass is 10.3. The van der Waals surface area contributed by atoms with Crippen LogP contribution in [0.3, 0.4) is 0 Å². The number of rotatable bonds is 3. The molecule has 1 unspecified atom stereocenters. The topological polar surface area (TPSA) is 62.8 Å². The van der Waals surface area contributed by atoms with Gasteiger partial charge in [-0.05, 0) is 0 Å². The van der Waals surface area contributed by atoms with Gasteiger partial charge in [-0.3, -0.25) is 0 Å². The van der Waals surface area contributed by atoms with E-state index in [1.807, 2.05) is 6.07 Å². The summed E-state index contributed by atoms with van der Waals surface area (Å²) in [6.45, 7) is -0.0757. The first-order valence-electron chi connectivity index (χ1n) is 3.27. The second kappa shape index (κ2) is 4.05. The van der Waals surface area contributed by atoms with Crippen LogP contribution in [0, 0.1) is 5.21 Å². The van der Waals surface area contributed by atoms with E-state index in [9.17, 15) is 5.21 Å². The van der Waals surface area contributed by atoms with Crippen LogP contribution in [0.1, 0.15) is 0 Å². The number of hydrogen-bond donors (Lipinski definition) is 2. The summed E-state index contributed by atoms with van der Waals surface area (Å²) < 4.78 is 0. The molecule has 0 spiro atoms. The van der Waals surface area contributed by atoms with Crippen molar-refractivity contribution >= 4 is 5.69 Å². The SMILES string of the molecule is NCO[NH+]([O-])c1ccccc1. The second-order valence-electron chi connectivity index (χ2n) is 1.96.